The van der Waals surface area contributed by atoms with Crippen molar-refractivity contribution in [3.63, 3.8) is 0 Å². The van der Waals surface area contributed by atoms with Gasteiger partial charge in [0.1, 0.15) is 11.4 Å². The summed E-state index contributed by atoms with van der Waals surface area (Å²) in [6.07, 6.45) is 5.92. The number of amides is 1. The highest BCUT2D eigenvalue weighted by Gasteiger charge is 2.50. The van der Waals surface area contributed by atoms with E-state index in [1.807, 2.05) is 22.9 Å². The van der Waals surface area contributed by atoms with Gasteiger partial charge in [0.25, 0.3) is 5.91 Å². The van der Waals surface area contributed by atoms with Crippen molar-refractivity contribution in [1.82, 2.24) is 3.11 Å². The third kappa shape index (κ3) is 1.88. The number of amidine groups is 1. The second-order valence-electron chi connectivity index (χ2n) is 4.69. The summed E-state index contributed by atoms with van der Waals surface area (Å²) in [4.78, 5) is 16.9. The Morgan fingerprint density at radius 2 is 2.19 bits per heavy atom. The quantitative estimate of drug-likeness (QED) is 0.634. The predicted octanol–water partition coefficient (Wildman–Crippen LogP) is 2.02. The Hall–Kier alpha value is -0.170. The highest BCUT2D eigenvalue weighted by Crippen LogP contribution is 2.40. The van der Waals surface area contributed by atoms with Crippen LogP contribution in [0, 0.1) is 0 Å². The lowest BCUT2D eigenvalue weighted by molar-refractivity contribution is -0.126. The zero-order valence-electron chi connectivity index (χ0n) is 9.58. The van der Waals surface area contributed by atoms with Gasteiger partial charge in [-0.05, 0) is 19.3 Å². The molecule has 2 rings (SSSR count). The van der Waals surface area contributed by atoms with Gasteiger partial charge in [0.2, 0.25) is 0 Å². The zero-order valence-corrected chi connectivity index (χ0v) is 11.7. The molecule has 0 aromatic carbocycles. The summed E-state index contributed by atoms with van der Waals surface area (Å²) < 4.78 is 1.66. The van der Waals surface area contributed by atoms with E-state index in [4.69, 9.17) is 5.73 Å². The molecule has 1 heterocycles. The van der Waals surface area contributed by atoms with Gasteiger partial charge in [0, 0.05) is 0 Å². The van der Waals surface area contributed by atoms with Crippen LogP contribution in [0.5, 0.6) is 0 Å². The van der Waals surface area contributed by atoms with E-state index in [1.54, 1.807) is 3.11 Å². The molecule has 2 N–H and O–H groups in total. The fourth-order valence-electron chi connectivity index (χ4n) is 2.55. The third-order valence-electron chi connectivity index (χ3n) is 3.47. The van der Waals surface area contributed by atoms with Crippen LogP contribution in [0.25, 0.3) is 0 Å². The molecule has 1 saturated carbocycles. The molecule has 2 aliphatic rings. The minimum absolute atomic E-state index is 0.0918. The van der Waals surface area contributed by atoms with Crippen LogP contribution in [-0.2, 0) is 4.79 Å². The molecule has 1 aliphatic heterocycles. The van der Waals surface area contributed by atoms with Crippen LogP contribution in [0.3, 0.4) is 0 Å². The molecule has 16 heavy (non-hydrogen) atoms. The summed E-state index contributed by atoms with van der Waals surface area (Å²) >= 11 is 2.05. The number of halogens is 1. The molecule has 1 atom stereocenters. The first kappa shape index (κ1) is 12.3. The second-order valence-corrected chi connectivity index (χ2v) is 5.65. The molecule has 5 heteroatoms. The molecule has 0 bridgehead atoms. The van der Waals surface area contributed by atoms with Crippen molar-refractivity contribution in [2.45, 2.75) is 57.0 Å². The van der Waals surface area contributed by atoms with E-state index in [0.717, 1.165) is 44.4 Å². The lowest BCUT2D eigenvalue weighted by atomic mass is 9.99. The SMILES string of the molecule is CCCC(N)C1=NC2(CCCC2)C(=O)N1I. The van der Waals surface area contributed by atoms with Crippen molar-refractivity contribution in [1.29, 1.82) is 0 Å². The van der Waals surface area contributed by atoms with Crippen LogP contribution in [-0.4, -0.2) is 26.4 Å². The van der Waals surface area contributed by atoms with Crippen LogP contribution in [0.1, 0.15) is 45.4 Å². The number of aliphatic imine (C=N–C) groups is 1. The first-order chi connectivity index (χ1) is 7.60. The zero-order chi connectivity index (χ0) is 11.8. The lowest BCUT2D eigenvalue weighted by Crippen LogP contribution is -2.40. The maximum absolute atomic E-state index is 12.2. The van der Waals surface area contributed by atoms with Crippen molar-refractivity contribution in [3.8, 4) is 0 Å². The number of carbonyl (C=O) groups excluding carboxylic acids is 1. The fraction of sp³-hybridized carbons (Fsp3) is 0.818. The van der Waals surface area contributed by atoms with Crippen LogP contribution in [0.2, 0.25) is 0 Å². The fourth-order valence-corrected chi connectivity index (χ4v) is 3.47. The van der Waals surface area contributed by atoms with Gasteiger partial charge in [-0.3, -0.25) is 9.79 Å². The Morgan fingerprint density at radius 1 is 1.56 bits per heavy atom. The molecule has 1 unspecified atom stereocenters. The third-order valence-corrected chi connectivity index (χ3v) is 4.40. The van der Waals surface area contributed by atoms with E-state index >= 15 is 0 Å². The van der Waals surface area contributed by atoms with Gasteiger partial charge in [-0.2, -0.15) is 0 Å². The monoisotopic (exact) mass is 335 g/mol. The summed E-state index contributed by atoms with van der Waals surface area (Å²) in [7, 11) is 0. The van der Waals surface area contributed by atoms with Crippen LogP contribution < -0.4 is 5.73 Å². The first-order valence-electron chi connectivity index (χ1n) is 5.96. The van der Waals surface area contributed by atoms with E-state index in [-0.39, 0.29) is 11.9 Å². The number of nitrogens with zero attached hydrogens (tertiary/aromatic N) is 2. The van der Waals surface area contributed by atoms with Crippen LogP contribution in [0.15, 0.2) is 4.99 Å². The predicted molar refractivity (Wildman–Crippen MR) is 72.4 cm³/mol. The smallest absolute Gasteiger partial charge is 0.264 e. The molecule has 1 aliphatic carbocycles. The van der Waals surface area contributed by atoms with Crippen molar-refractivity contribution in [2.24, 2.45) is 10.7 Å². The van der Waals surface area contributed by atoms with Crippen molar-refractivity contribution < 1.29 is 4.79 Å². The van der Waals surface area contributed by atoms with Crippen molar-refractivity contribution >= 4 is 34.6 Å². The van der Waals surface area contributed by atoms with Gasteiger partial charge in [-0.1, -0.05) is 26.2 Å². The topological polar surface area (TPSA) is 58.7 Å². The largest absolute Gasteiger partial charge is 0.321 e. The van der Waals surface area contributed by atoms with E-state index in [2.05, 4.69) is 11.9 Å². The van der Waals surface area contributed by atoms with Gasteiger partial charge in [-0.15, -0.1) is 0 Å². The summed E-state index contributed by atoms with van der Waals surface area (Å²) in [6.45, 7) is 2.10. The lowest BCUT2D eigenvalue weighted by Gasteiger charge is -2.17. The molecule has 90 valence electrons. The van der Waals surface area contributed by atoms with E-state index < -0.39 is 5.54 Å². The highest BCUT2D eigenvalue weighted by atomic mass is 127. The van der Waals surface area contributed by atoms with Gasteiger partial charge < -0.3 is 5.73 Å². The van der Waals surface area contributed by atoms with Gasteiger partial charge in [0.15, 0.2) is 0 Å². The number of carbonyl (C=O) groups is 1. The normalized spacial score (nSPS) is 25.3. The van der Waals surface area contributed by atoms with E-state index in [9.17, 15) is 4.79 Å². The van der Waals surface area contributed by atoms with Crippen molar-refractivity contribution in [3.05, 3.63) is 0 Å². The summed E-state index contributed by atoms with van der Waals surface area (Å²) in [6, 6.07) is -0.0918. The average Bonchev–Trinajstić information content (AvgIpc) is 2.82. The van der Waals surface area contributed by atoms with E-state index in [0.29, 0.717) is 0 Å². The van der Waals surface area contributed by atoms with Gasteiger partial charge in [-0.25, -0.2) is 3.11 Å². The standard InChI is InChI=1S/C11H18IN3O/c1-2-5-8(13)9-14-11(6-3-4-7-11)10(16)15(9)12/h8H,2-7,13H2,1H3. The molecule has 1 fully saturated rings. The number of rotatable bonds is 3. The molecule has 0 aromatic heterocycles. The summed E-state index contributed by atoms with van der Waals surface area (Å²) in [5.41, 5.74) is 5.62. The first-order valence-corrected chi connectivity index (χ1v) is 6.93. The van der Waals surface area contributed by atoms with Crippen LogP contribution in [0.4, 0.5) is 0 Å². The Bertz CT molecular complexity index is 323. The Kier molecular flexibility index (Phi) is 3.53. The minimum Gasteiger partial charge on any atom is -0.321 e. The molecule has 0 radical (unpaired) electrons. The van der Waals surface area contributed by atoms with Gasteiger partial charge >= 0.3 is 0 Å². The Balaban J connectivity index is 2.22. The molecule has 0 aromatic rings. The Morgan fingerprint density at radius 3 is 2.75 bits per heavy atom. The molecular weight excluding hydrogens is 317 g/mol. The maximum Gasteiger partial charge on any atom is 0.264 e. The van der Waals surface area contributed by atoms with Gasteiger partial charge in [0.05, 0.1) is 28.9 Å². The molecule has 0 saturated heterocycles. The second kappa shape index (κ2) is 4.60. The highest BCUT2D eigenvalue weighted by molar-refractivity contribution is 14.1. The van der Waals surface area contributed by atoms with E-state index in [1.165, 1.54) is 0 Å². The van der Waals surface area contributed by atoms with Crippen molar-refractivity contribution in [2.75, 3.05) is 0 Å². The molecule has 4 nitrogen and oxygen atoms in total. The summed E-state index contributed by atoms with van der Waals surface area (Å²) in [5, 5.41) is 0. The molecule has 1 amide bonds. The average molecular weight is 335 g/mol. The minimum atomic E-state index is -0.443. The maximum atomic E-state index is 12.2. The summed E-state index contributed by atoms with van der Waals surface area (Å²) in [5.74, 6) is 0.932. The number of nitrogens with two attached hydrogens (primary N) is 1. The number of hydrogen-bond acceptors (Lipinski definition) is 3. The van der Waals surface area contributed by atoms with Crippen LogP contribution >= 0.6 is 22.9 Å². The molecular formula is C11H18IN3O. The Labute approximate surface area is 110 Å². The molecule has 1 spiro atoms. The number of hydrogen-bond donors (Lipinski definition) is 1.